The second-order valence-corrected chi connectivity index (χ2v) is 6.39. The van der Waals surface area contributed by atoms with Crippen molar-refractivity contribution in [2.45, 2.75) is 18.3 Å². The third kappa shape index (κ3) is 3.91. The lowest BCUT2D eigenvalue weighted by molar-refractivity contribution is 0.158. The minimum Gasteiger partial charge on any atom is -0.380 e. The van der Waals surface area contributed by atoms with E-state index in [0.29, 0.717) is 26.3 Å². The number of alkyl halides is 1. The van der Waals surface area contributed by atoms with Crippen molar-refractivity contribution in [3.63, 3.8) is 0 Å². The van der Waals surface area contributed by atoms with Crippen LogP contribution < -0.4 is 5.32 Å². The smallest absolute Gasteiger partial charge is 0.163 e. The number of ether oxygens (including phenoxy) is 1. The molecule has 0 amide bonds. The second-order valence-electron chi connectivity index (χ2n) is 5.29. The van der Waals surface area contributed by atoms with Crippen LogP contribution in [0.1, 0.15) is 17.3 Å². The Balaban J connectivity index is 1.75. The molecule has 0 saturated heterocycles. The average Bonchev–Trinajstić information content (AvgIpc) is 3.03. The van der Waals surface area contributed by atoms with Crippen LogP contribution in [0.3, 0.4) is 0 Å². The SMILES string of the molecule is CCOCCNc1ncnc2c1cnn2CC(Br)c1ccccc1. The summed E-state index contributed by atoms with van der Waals surface area (Å²) < 4.78 is 7.24. The van der Waals surface area contributed by atoms with Crippen LogP contribution >= 0.6 is 15.9 Å². The fraction of sp³-hybridized carbons (Fsp3) is 0.353. The van der Waals surface area contributed by atoms with Crippen LogP contribution in [0, 0.1) is 0 Å². The number of anilines is 1. The van der Waals surface area contributed by atoms with Crippen molar-refractivity contribution in [3.8, 4) is 0 Å². The zero-order valence-corrected chi connectivity index (χ0v) is 15.1. The third-order valence-electron chi connectivity index (χ3n) is 3.67. The molecule has 0 saturated carbocycles. The van der Waals surface area contributed by atoms with Crippen molar-refractivity contribution in [1.29, 1.82) is 0 Å². The molecule has 1 unspecified atom stereocenters. The topological polar surface area (TPSA) is 64.9 Å². The van der Waals surface area contributed by atoms with Crippen LogP contribution in [0.4, 0.5) is 5.82 Å². The zero-order chi connectivity index (χ0) is 16.8. The summed E-state index contributed by atoms with van der Waals surface area (Å²) in [6.07, 6.45) is 3.37. The van der Waals surface area contributed by atoms with E-state index in [2.05, 4.69) is 48.4 Å². The summed E-state index contributed by atoms with van der Waals surface area (Å²) in [7, 11) is 0. The summed E-state index contributed by atoms with van der Waals surface area (Å²) in [5.41, 5.74) is 2.04. The molecule has 126 valence electrons. The van der Waals surface area contributed by atoms with Gasteiger partial charge in [-0.15, -0.1) is 0 Å². The molecule has 3 aromatic rings. The number of aromatic nitrogens is 4. The maximum Gasteiger partial charge on any atom is 0.163 e. The molecule has 0 fully saturated rings. The summed E-state index contributed by atoms with van der Waals surface area (Å²) in [5, 5.41) is 8.68. The molecule has 24 heavy (non-hydrogen) atoms. The van der Waals surface area contributed by atoms with Gasteiger partial charge >= 0.3 is 0 Å². The van der Waals surface area contributed by atoms with Crippen molar-refractivity contribution in [2.24, 2.45) is 0 Å². The van der Waals surface area contributed by atoms with Gasteiger partial charge in [0.25, 0.3) is 0 Å². The van der Waals surface area contributed by atoms with Gasteiger partial charge in [0.15, 0.2) is 5.65 Å². The Bertz CT molecular complexity index is 777. The number of halogens is 1. The van der Waals surface area contributed by atoms with E-state index in [0.717, 1.165) is 16.9 Å². The molecule has 3 rings (SSSR count). The molecule has 1 N–H and O–H groups in total. The van der Waals surface area contributed by atoms with Crippen LogP contribution in [-0.4, -0.2) is 39.5 Å². The first-order chi connectivity index (χ1) is 11.8. The Morgan fingerprint density at radius 2 is 2.08 bits per heavy atom. The normalized spacial score (nSPS) is 12.4. The van der Waals surface area contributed by atoms with E-state index < -0.39 is 0 Å². The van der Waals surface area contributed by atoms with Crippen molar-refractivity contribution >= 4 is 32.8 Å². The monoisotopic (exact) mass is 389 g/mol. The molecular weight excluding hydrogens is 370 g/mol. The Kier molecular flexibility index (Phi) is 5.77. The van der Waals surface area contributed by atoms with E-state index in [4.69, 9.17) is 4.74 Å². The first-order valence-electron chi connectivity index (χ1n) is 7.96. The fourth-order valence-electron chi connectivity index (χ4n) is 2.47. The van der Waals surface area contributed by atoms with E-state index in [9.17, 15) is 0 Å². The largest absolute Gasteiger partial charge is 0.380 e. The standard InChI is InChI=1S/C17H20BrN5O/c1-2-24-9-8-19-16-14-10-22-23(17(14)21-12-20-16)11-15(18)13-6-4-3-5-7-13/h3-7,10,12,15H,2,8-9,11H2,1H3,(H,19,20,21). The molecule has 0 aliphatic rings. The van der Waals surface area contributed by atoms with Crippen LogP contribution in [0.15, 0.2) is 42.9 Å². The van der Waals surface area contributed by atoms with Gasteiger partial charge in [0.2, 0.25) is 0 Å². The van der Waals surface area contributed by atoms with Gasteiger partial charge in [0.05, 0.1) is 29.6 Å². The van der Waals surface area contributed by atoms with Gasteiger partial charge in [-0.25, -0.2) is 14.6 Å². The highest BCUT2D eigenvalue weighted by Gasteiger charge is 2.13. The highest BCUT2D eigenvalue weighted by atomic mass is 79.9. The molecule has 6 nitrogen and oxygen atoms in total. The lowest BCUT2D eigenvalue weighted by Gasteiger charge is -2.11. The van der Waals surface area contributed by atoms with Crippen molar-refractivity contribution in [2.75, 3.05) is 25.1 Å². The summed E-state index contributed by atoms with van der Waals surface area (Å²) >= 11 is 3.73. The third-order valence-corrected chi connectivity index (χ3v) is 4.49. The van der Waals surface area contributed by atoms with Gasteiger partial charge in [-0.05, 0) is 12.5 Å². The van der Waals surface area contributed by atoms with Crippen molar-refractivity contribution < 1.29 is 4.74 Å². The van der Waals surface area contributed by atoms with Crippen LogP contribution in [0.5, 0.6) is 0 Å². The van der Waals surface area contributed by atoms with E-state index in [-0.39, 0.29) is 4.83 Å². The lowest BCUT2D eigenvalue weighted by Crippen LogP contribution is -2.11. The number of hydrogen-bond donors (Lipinski definition) is 1. The lowest BCUT2D eigenvalue weighted by atomic mass is 10.1. The van der Waals surface area contributed by atoms with Crippen molar-refractivity contribution in [3.05, 3.63) is 48.4 Å². The Morgan fingerprint density at radius 3 is 2.88 bits per heavy atom. The number of fused-ring (bicyclic) bond motifs is 1. The van der Waals surface area contributed by atoms with Crippen LogP contribution in [0.25, 0.3) is 11.0 Å². The number of rotatable bonds is 8. The molecule has 2 aromatic heterocycles. The summed E-state index contributed by atoms with van der Waals surface area (Å²) in [4.78, 5) is 8.87. The number of hydrogen-bond acceptors (Lipinski definition) is 5. The van der Waals surface area contributed by atoms with E-state index in [1.165, 1.54) is 5.56 Å². The second kappa shape index (κ2) is 8.21. The van der Waals surface area contributed by atoms with Gasteiger partial charge < -0.3 is 10.1 Å². The van der Waals surface area contributed by atoms with Crippen molar-refractivity contribution in [1.82, 2.24) is 19.7 Å². The van der Waals surface area contributed by atoms with Crippen LogP contribution in [-0.2, 0) is 11.3 Å². The molecule has 2 heterocycles. The number of benzene rings is 1. The molecule has 0 bridgehead atoms. The van der Waals surface area contributed by atoms with Crippen LogP contribution in [0.2, 0.25) is 0 Å². The molecule has 7 heteroatoms. The predicted octanol–water partition coefficient (Wildman–Crippen LogP) is 3.41. The highest BCUT2D eigenvalue weighted by molar-refractivity contribution is 9.09. The Labute approximate surface area is 149 Å². The molecular formula is C17H20BrN5O. The summed E-state index contributed by atoms with van der Waals surface area (Å²) in [6.45, 7) is 4.74. The highest BCUT2D eigenvalue weighted by Crippen LogP contribution is 2.26. The first-order valence-corrected chi connectivity index (χ1v) is 8.88. The fourth-order valence-corrected chi connectivity index (χ4v) is 3.05. The minimum atomic E-state index is 0.172. The number of nitrogens with one attached hydrogen (secondary N) is 1. The minimum absolute atomic E-state index is 0.172. The average molecular weight is 390 g/mol. The predicted molar refractivity (Wildman–Crippen MR) is 98.4 cm³/mol. The Morgan fingerprint density at radius 1 is 1.25 bits per heavy atom. The number of nitrogens with zero attached hydrogens (tertiary/aromatic N) is 4. The quantitative estimate of drug-likeness (QED) is 0.472. The Hall–Kier alpha value is -1.99. The van der Waals surface area contributed by atoms with Gasteiger partial charge in [0, 0.05) is 13.2 Å². The van der Waals surface area contributed by atoms with E-state index >= 15 is 0 Å². The van der Waals surface area contributed by atoms with Gasteiger partial charge in [-0.1, -0.05) is 46.3 Å². The first kappa shape index (κ1) is 16.9. The van der Waals surface area contributed by atoms with Gasteiger partial charge in [-0.3, -0.25) is 0 Å². The maximum absolute atomic E-state index is 5.34. The zero-order valence-electron chi connectivity index (χ0n) is 13.5. The van der Waals surface area contributed by atoms with E-state index in [1.807, 2.05) is 36.0 Å². The molecule has 0 spiro atoms. The molecule has 0 aliphatic carbocycles. The maximum atomic E-state index is 5.34. The summed E-state index contributed by atoms with van der Waals surface area (Å²) in [5.74, 6) is 0.789. The molecule has 1 atom stereocenters. The van der Waals surface area contributed by atoms with Gasteiger partial charge in [0.1, 0.15) is 12.1 Å². The summed E-state index contributed by atoms with van der Waals surface area (Å²) in [6, 6.07) is 10.3. The molecule has 0 radical (unpaired) electrons. The van der Waals surface area contributed by atoms with E-state index in [1.54, 1.807) is 6.33 Å². The molecule has 0 aliphatic heterocycles. The molecule has 1 aromatic carbocycles. The van der Waals surface area contributed by atoms with Gasteiger partial charge in [-0.2, -0.15) is 5.10 Å².